The van der Waals surface area contributed by atoms with Crippen molar-refractivity contribution in [3.05, 3.63) is 35.1 Å². The molecule has 2 nitrogen and oxygen atoms in total. The first-order chi connectivity index (χ1) is 6.58. The number of rotatable bonds is 0. The zero-order valence-corrected chi connectivity index (χ0v) is 8.13. The Hall–Kier alpha value is -1.64. The molecule has 14 heavy (non-hydrogen) atoms. The van der Waals surface area contributed by atoms with Gasteiger partial charge >= 0.3 is 0 Å². The van der Waals surface area contributed by atoms with E-state index in [1.807, 2.05) is 19.9 Å². The molecule has 0 unspecified atom stereocenters. The Morgan fingerprint density at radius 3 is 2.57 bits per heavy atom. The molecule has 0 saturated carbocycles. The average molecular weight is 190 g/mol. The normalized spacial score (nSPS) is 10.8. The third-order valence-electron chi connectivity index (χ3n) is 2.30. The van der Waals surface area contributed by atoms with E-state index < -0.39 is 0 Å². The van der Waals surface area contributed by atoms with Gasteiger partial charge in [0.2, 0.25) is 0 Å². The van der Waals surface area contributed by atoms with Crippen molar-refractivity contribution in [3.63, 3.8) is 0 Å². The Morgan fingerprint density at radius 1 is 1.14 bits per heavy atom. The molecular formula is C11H11FN2. The number of nitrogen functional groups attached to an aromatic ring is 1. The number of nitrogens with two attached hydrogens (primary N) is 1. The molecule has 2 N–H and O–H groups in total. The minimum atomic E-state index is -0.235. The maximum atomic E-state index is 13.1. The molecule has 0 fully saturated rings. The first-order valence-electron chi connectivity index (χ1n) is 4.41. The molecule has 72 valence electrons. The van der Waals surface area contributed by atoms with Crippen molar-refractivity contribution in [1.29, 1.82) is 0 Å². The summed E-state index contributed by atoms with van der Waals surface area (Å²) in [6.07, 6.45) is 0. The molecule has 2 aromatic rings. The van der Waals surface area contributed by atoms with Gasteiger partial charge in [-0.2, -0.15) is 0 Å². The van der Waals surface area contributed by atoms with Crippen LogP contribution in [0, 0.1) is 19.7 Å². The van der Waals surface area contributed by atoms with Crippen LogP contribution in [-0.2, 0) is 0 Å². The topological polar surface area (TPSA) is 38.9 Å². The predicted octanol–water partition coefficient (Wildman–Crippen LogP) is 2.57. The number of halogens is 1. The Bertz CT molecular complexity index is 506. The van der Waals surface area contributed by atoms with Crippen LogP contribution >= 0.6 is 0 Å². The highest BCUT2D eigenvalue weighted by Gasteiger charge is 2.04. The monoisotopic (exact) mass is 190 g/mol. The van der Waals surface area contributed by atoms with Gasteiger partial charge in [0.25, 0.3) is 0 Å². The van der Waals surface area contributed by atoms with Gasteiger partial charge < -0.3 is 5.73 Å². The molecule has 0 aliphatic heterocycles. The van der Waals surface area contributed by atoms with Gasteiger partial charge in [-0.05, 0) is 43.2 Å². The first kappa shape index (κ1) is 8.94. The molecule has 0 aliphatic carbocycles. The Balaban J connectivity index is 2.89. The maximum Gasteiger partial charge on any atom is 0.127 e. The van der Waals surface area contributed by atoms with Crippen molar-refractivity contribution in [1.82, 2.24) is 4.98 Å². The molecule has 1 aromatic carbocycles. The highest BCUT2D eigenvalue weighted by Crippen LogP contribution is 2.21. The zero-order valence-electron chi connectivity index (χ0n) is 8.13. The molecule has 0 bridgehead atoms. The standard InChI is InChI=1S/C11H11FN2/c1-6-4-9(12)5-8-3-7(2)11(13)14-10(6)8/h3-5H,1-2H3,(H2,13,14). The smallest absolute Gasteiger partial charge is 0.127 e. The second kappa shape index (κ2) is 2.94. The van der Waals surface area contributed by atoms with Crippen LogP contribution in [0.4, 0.5) is 10.2 Å². The van der Waals surface area contributed by atoms with Crippen LogP contribution in [0.15, 0.2) is 18.2 Å². The number of pyridine rings is 1. The lowest BCUT2D eigenvalue weighted by atomic mass is 10.1. The fourth-order valence-corrected chi connectivity index (χ4v) is 1.54. The quantitative estimate of drug-likeness (QED) is 0.693. The Labute approximate surface area is 81.6 Å². The van der Waals surface area contributed by atoms with Crippen LogP contribution in [0.1, 0.15) is 11.1 Å². The number of aryl methyl sites for hydroxylation is 2. The number of hydrogen-bond donors (Lipinski definition) is 1. The van der Waals surface area contributed by atoms with Crippen molar-refractivity contribution in [3.8, 4) is 0 Å². The van der Waals surface area contributed by atoms with Crippen molar-refractivity contribution >= 4 is 16.7 Å². The molecular weight excluding hydrogens is 179 g/mol. The lowest BCUT2D eigenvalue weighted by Gasteiger charge is -2.05. The summed E-state index contributed by atoms with van der Waals surface area (Å²) in [6, 6.07) is 4.79. The summed E-state index contributed by atoms with van der Waals surface area (Å²) in [6.45, 7) is 3.69. The van der Waals surface area contributed by atoms with Gasteiger partial charge in [0.05, 0.1) is 5.52 Å². The second-order valence-corrected chi connectivity index (χ2v) is 3.48. The van der Waals surface area contributed by atoms with E-state index in [9.17, 15) is 4.39 Å². The van der Waals surface area contributed by atoms with Gasteiger partial charge in [0.15, 0.2) is 0 Å². The summed E-state index contributed by atoms with van der Waals surface area (Å²) in [4.78, 5) is 4.23. The van der Waals surface area contributed by atoms with E-state index in [1.54, 1.807) is 0 Å². The molecule has 0 atom stereocenters. The van der Waals surface area contributed by atoms with Crippen LogP contribution in [0.2, 0.25) is 0 Å². The highest BCUT2D eigenvalue weighted by atomic mass is 19.1. The lowest BCUT2D eigenvalue weighted by molar-refractivity contribution is 0.628. The van der Waals surface area contributed by atoms with Crippen LogP contribution in [-0.4, -0.2) is 4.98 Å². The maximum absolute atomic E-state index is 13.1. The number of fused-ring (bicyclic) bond motifs is 1. The van der Waals surface area contributed by atoms with E-state index in [-0.39, 0.29) is 5.82 Å². The van der Waals surface area contributed by atoms with Crippen LogP contribution < -0.4 is 5.73 Å². The Morgan fingerprint density at radius 2 is 1.86 bits per heavy atom. The molecule has 0 aliphatic rings. The number of hydrogen-bond acceptors (Lipinski definition) is 2. The van der Waals surface area contributed by atoms with Gasteiger partial charge in [-0.3, -0.25) is 0 Å². The molecule has 0 saturated heterocycles. The van der Waals surface area contributed by atoms with E-state index in [0.29, 0.717) is 5.82 Å². The molecule has 0 spiro atoms. The summed E-state index contributed by atoms with van der Waals surface area (Å²) in [7, 11) is 0. The van der Waals surface area contributed by atoms with Crippen LogP contribution in [0.3, 0.4) is 0 Å². The van der Waals surface area contributed by atoms with Gasteiger partial charge in [0, 0.05) is 5.39 Å². The van der Waals surface area contributed by atoms with Gasteiger partial charge in [0.1, 0.15) is 11.6 Å². The molecule has 3 heteroatoms. The molecule has 1 heterocycles. The van der Waals surface area contributed by atoms with Crippen molar-refractivity contribution in [2.24, 2.45) is 0 Å². The van der Waals surface area contributed by atoms with Crippen molar-refractivity contribution in [2.45, 2.75) is 13.8 Å². The van der Waals surface area contributed by atoms with Crippen molar-refractivity contribution < 1.29 is 4.39 Å². The van der Waals surface area contributed by atoms with E-state index in [1.165, 1.54) is 12.1 Å². The number of benzene rings is 1. The summed E-state index contributed by atoms with van der Waals surface area (Å²) >= 11 is 0. The van der Waals surface area contributed by atoms with E-state index in [2.05, 4.69) is 4.98 Å². The van der Waals surface area contributed by atoms with Gasteiger partial charge in [-0.1, -0.05) is 0 Å². The third-order valence-corrected chi connectivity index (χ3v) is 2.30. The highest BCUT2D eigenvalue weighted by molar-refractivity contribution is 5.84. The number of anilines is 1. The largest absolute Gasteiger partial charge is 0.383 e. The zero-order chi connectivity index (χ0) is 10.3. The third kappa shape index (κ3) is 1.31. The minimum Gasteiger partial charge on any atom is -0.383 e. The molecule has 0 radical (unpaired) electrons. The summed E-state index contributed by atoms with van der Waals surface area (Å²) in [5.74, 6) is 0.271. The molecule has 2 rings (SSSR count). The predicted molar refractivity (Wildman–Crippen MR) is 55.6 cm³/mol. The SMILES string of the molecule is Cc1cc2cc(F)cc(C)c2nc1N. The lowest BCUT2D eigenvalue weighted by Crippen LogP contribution is -1.96. The summed E-state index contributed by atoms with van der Waals surface area (Å²) in [5, 5.41) is 0.800. The summed E-state index contributed by atoms with van der Waals surface area (Å²) in [5.41, 5.74) is 8.15. The average Bonchev–Trinajstić information content (AvgIpc) is 2.08. The minimum absolute atomic E-state index is 0.235. The second-order valence-electron chi connectivity index (χ2n) is 3.48. The van der Waals surface area contributed by atoms with Crippen LogP contribution in [0.25, 0.3) is 10.9 Å². The Kier molecular flexibility index (Phi) is 1.88. The van der Waals surface area contributed by atoms with E-state index in [0.717, 1.165) is 22.0 Å². The molecule has 1 aromatic heterocycles. The fraction of sp³-hybridized carbons (Fsp3) is 0.182. The van der Waals surface area contributed by atoms with Gasteiger partial charge in [-0.15, -0.1) is 0 Å². The summed E-state index contributed by atoms with van der Waals surface area (Å²) < 4.78 is 13.1. The first-order valence-corrected chi connectivity index (χ1v) is 4.41. The van der Waals surface area contributed by atoms with E-state index >= 15 is 0 Å². The van der Waals surface area contributed by atoms with Crippen molar-refractivity contribution in [2.75, 3.05) is 5.73 Å². The number of nitrogens with zero attached hydrogens (tertiary/aromatic N) is 1. The fourth-order valence-electron chi connectivity index (χ4n) is 1.54. The van der Waals surface area contributed by atoms with Gasteiger partial charge in [-0.25, -0.2) is 9.37 Å². The van der Waals surface area contributed by atoms with Crippen LogP contribution in [0.5, 0.6) is 0 Å². The molecule has 0 amide bonds. The van der Waals surface area contributed by atoms with E-state index in [4.69, 9.17) is 5.73 Å². The number of aromatic nitrogens is 1.